The monoisotopic (exact) mass is 331 g/mol. The minimum absolute atomic E-state index is 0.00316. The summed E-state index contributed by atoms with van der Waals surface area (Å²) in [4.78, 5) is 30.4. The van der Waals surface area contributed by atoms with Crippen molar-refractivity contribution in [2.75, 3.05) is 25.6 Å². The number of carbonyl (C=O) groups excluding carboxylic acids is 1. The summed E-state index contributed by atoms with van der Waals surface area (Å²) in [6.07, 6.45) is 2.14. The van der Waals surface area contributed by atoms with Crippen LogP contribution in [0, 0.1) is 6.92 Å². The van der Waals surface area contributed by atoms with Crippen LogP contribution in [-0.2, 0) is 4.74 Å². The first-order chi connectivity index (χ1) is 11.5. The molecule has 1 amide bonds. The molecule has 8 nitrogen and oxygen atoms in total. The predicted molar refractivity (Wildman–Crippen MR) is 85.5 cm³/mol. The average Bonchev–Trinajstić information content (AvgIpc) is 2.57. The van der Waals surface area contributed by atoms with Gasteiger partial charge in [-0.15, -0.1) is 0 Å². The van der Waals surface area contributed by atoms with Crippen LogP contribution in [0.2, 0.25) is 0 Å². The molecule has 0 spiro atoms. The summed E-state index contributed by atoms with van der Waals surface area (Å²) < 4.78 is 10.5. The van der Waals surface area contributed by atoms with Crippen LogP contribution in [0.4, 0.5) is 5.69 Å². The number of carboxylic acids is 1. The molecule has 0 bridgehead atoms. The van der Waals surface area contributed by atoms with Crippen molar-refractivity contribution in [3.8, 4) is 5.75 Å². The lowest BCUT2D eigenvalue weighted by Gasteiger charge is -2.13. The van der Waals surface area contributed by atoms with Crippen molar-refractivity contribution in [2.24, 2.45) is 0 Å². The van der Waals surface area contributed by atoms with E-state index in [0.29, 0.717) is 24.7 Å². The molecule has 24 heavy (non-hydrogen) atoms. The van der Waals surface area contributed by atoms with Gasteiger partial charge in [-0.25, -0.2) is 14.8 Å². The molecule has 0 saturated heterocycles. The molecule has 0 aliphatic heterocycles. The van der Waals surface area contributed by atoms with E-state index in [1.165, 1.54) is 0 Å². The van der Waals surface area contributed by atoms with Gasteiger partial charge in [-0.2, -0.15) is 0 Å². The van der Waals surface area contributed by atoms with Crippen molar-refractivity contribution < 1.29 is 24.2 Å². The van der Waals surface area contributed by atoms with E-state index in [9.17, 15) is 9.59 Å². The molecular weight excluding hydrogens is 314 g/mol. The number of carboxylic acid groups (broad SMARTS) is 1. The second kappa shape index (κ2) is 8.02. The van der Waals surface area contributed by atoms with Gasteiger partial charge in [-0.1, -0.05) is 6.07 Å². The lowest BCUT2D eigenvalue weighted by atomic mass is 10.2. The van der Waals surface area contributed by atoms with Crippen molar-refractivity contribution in [1.29, 1.82) is 0 Å². The molecule has 1 aromatic carbocycles. The predicted octanol–water partition coefficient (Wildman–Crippen LogP) is 1.76. The first-order valence-electron chi connectivity index (χ1n) is 7.10. The van der Waals surface area contributed by atoms with Gasteiger partial charge < -0.3 is 19.9 Å². The Hall–Kier alpha value is -3.00. The van der Waals surface area contributed by atoms with Gasteiger partial charge in [0.1, 0.15) is 18.1 Å². The number of rotatable bonds is 7. The van der Waals surface area contributed by atoms with Gasteiger partial charge in [-0.3, -0.25) is 4.79 Å². The topological polar surface area (TPSA) is 111 Å². The molecule has 8 heteroatoms. The molecule has 0 aliphatic carbocycles. The average molecular weight is 331 g/mol. The third-order valence-corrected chi connectivity index (χ3v) is 3.03. The van der Waals surface area contributed by atoms with Crippen molar-refractivity contribution in [2.45, 2.75) is 6.92 Å². The van der Waals surface area contributed by atoms with E-state index in [-0.39, 0.29) is 11.4 Å². The Labute approximate surface area is 138 Å². The summed E-state index contributed by atoms with van der Waals surface area (Å²) >= 11 is 0. The van der Waals surface area contributed by atoms with E-state index in [1.54, 1.807) is 19.2 Å². The third kappa shape index (κ3) is 4.50. The Balaban J connectivity index is 2.14. The van der Waals surface area contributed by atoms with Crippen LogP contribution < -0.4 is 10.1 Å². The Morgan fingerprint density at radius 1 is 1.17 bits per heavy atom. The van der Waals surface area contributed by atoms with Gasteiger partial charge >= 0.3 is 5.97 Å². The number of ether oxygens (including phenoxy) is 2. The van der Waals surface area contributed by atoms with E-state index in [4.69, 9.17) is 14.6 Å². The van der Waals surface area contributed by atoms with E-state index >= 15 is 0 Å². The number of hydrogen-bond acceptors (Lipinski definition) is 6. The number of nitrogens with one attached hydrogen (secondary N) is 1. The van der Waals surface area contributed by atoms with Crippen molar-refractivity contribution >= 4 is 17.6 Å². The Morgan fingerprint density at radius 3 is 2.50 bits per heavy atom. The Bertz CT molecular complexity index is 731. The number of carbonyl (C=O) groups is 2. The van der Waals surface area contributed by atoms with Gasteiger partial charge in [0.25, 0.3) is 5.91 Å². The third-order valence-electron chi connectivity index (χ3n) is 3.03. The van der Waals surface area contributed by atoms with Crippen LogP contribution in [0.5, 0.6) is 5.75 Å². The van der Waals surface area contributed by atoms with E-state index in [1.807, 2.05) is 13.0 Å². The lowest BCUT2D eigenvalue weighted by Crippen LogP contribution is -2.16. The molecule has 126 valence electrons. The smallest absolute Gasteiger partial charge is 0.356 e. The summed E-state index contributed by atoms with van der Waals surface area (Å²) in [6.45, 7) is 2.67. The molecular formula is C16H17N3O5. The summed E-state index contributed by atoms with van der Waals surface area (Å²) in [5.41, 5.74) is 1.23. The number of methoxy groups -OCH3 is 1. The summed E-state index contributed by atoms with van der Waals surface area (Å²) in [5.74, 6) is -1.21. The second-order valence-corrected chi connectivity index (χ2v) is 4.89. The number of hydrogen-bond donors (Lipinski definition) is 2. The number of amides is 1. The zero-order valence-electron chi connectivity index (χ0n) is 13.3. The standard InChI is InChI=1S/C16H17N3O5/c1-10-3-4-11(14(7-10)24-6-5-23-2)19-15(20)12-8-18-13(9-17-12)16(21)22/h3-4,7-9H,5-6H2,1-2H3,(H,19,20)(H,21,22). The van der Waals surface area contributed by atoms with Crippen molar-refractivity contribution in [3.05, 3.63) is 47.5 Å². The van der Waals surface area contributed by atoms with Gasteiger partial charge in [0.05, 0.1) is 24.7 Å². The molecule has 0 saturated carbocycles. The fourth-order valence-electron chi connectivity index (χ4n) is 1.83. The minimum Gasteiger partial charge on any atom is -0.489 e. The molecule has 2 rings (SSSR count). The molecule has 2 aromatic rings. The lowest BCUT2D eigenvalue weighted by molar-refractivity contribution is 0.0689. The maximum absolute atomic E-state index is 12.2. The van der Waals surface area contributed by atoms with Crippen LogP contribution in [0.15, 0.2) is 30.6 Å². The van der Waals surface area contributed by atoms with Crippen LogP contribution in [0.25, 0.3) is 0 Å². The summed E-state index contributed by atoms with van der Waals surface area (Å²) in [6, 6.07) is 5.34. The fraction of sp³-hybridized carbons (Fsp3) is 0.250. The maximum Gasteiger partial charge on any atom is 0.356 e. The van der Waals surface area contributed by atoms with Crippen LogP contribution in [0.1, 0.15) is 26.5 Å². The quantitative estimate of drug-likeness (QED) is 0.744. The molecule has 2 N–H and O–H groups in total. The first kappa shape index (κ1) is 17.4. The number of aromatic carboxylic acids is 1. The first-order valence-corrected chi connectivity index (χ1v) is 7.10. The Morgan fingerprint density at radius 2 is 1.88 bits per heavy atom. The highest BCUT2D eigenvalue weighted by Gasteiger charge is 2.13. The van der Waals surface area contributed by atoms with E-state index < -0.39 is 11.9 Å². The minimum atomic E-state index is -1.21. The van der Waals surface area contributed by atoms with Gasteiger partial charge in [0, 0.05) is 7.11 Å². The molecule has 0 atom stereocenters. The molecule has 0 radical (unpaired) electrons. The second-order valence-electron chi connectivity index (χ2n) is 4.89. The largest absolute Gasteiger partial charge is 0.489 e. The summed E-state index contributed by atoms with van der Waals surface area (Å²) in [7, 11) is 1.57. The van der Waals surface area contributed by atoms with Crippen LogP contribution >= 0.6 is 0 Å². The van der Waals surface area contributed by atoms with Crippen LogP contribution in [-0.4, -0.2) is 47.3 Å². The van der Waals surface area contributed by atoms with Crippen molar-refractivity contribution in [3.63, 3.8) is 0 Å². The zero-order valence-corrected chi connectivity index (χ0v) is 13.3. The summed E-state index contributed by atoms with van der Waals surface area (Å²) in [5, 5.41) is 11.5. The Kier molecular flexibility index (Phi) is 5.80. The van der Waals surface area contributed by atoms with Crippen molar-refractivity contribution in [1.82, 2.24) is 9.97 Å². The van der Waals surface area contributed by atoms with E-state index in [2.05, 4.69) is 15.3 Å². The van der Waals surface area contributed by atoms with Gasteiger partial charge in [0.2, 0.25) is 0 Å². The highest BCUT2D eigenvalue weighted by molar-refractivity contribution is 6.03. The highest BCUT2D eigenvalue weighted by atomic mass is 16.5. The molecule has 1 heterocycles. The van der Waals surface area contributed by atoms with Gasteiger partial charge in [0.15, 0.2) is 5.69 Å². The number of aryl methyl sites for hydroxylation is 1. The molecule has 0 fully saturated rings. The van der Waals surface area contributed by atoms with Gasteiger partial charge in [-0.05, 0) is 24.6 Å². The molecule has 0 aliphatic rings. The molecule has 1 aromatic heterocycles. The molecule has 0 unspecified atom stereocenters. The number of benzene rings is 1. The van der Waals surface area contributed by atoms with E-state index in [0.717, 1.165) is 18.0 Å². The number of aromatic nitrogens is 2. The number of anilines is 1. The SMILES string of the molecule is COCCOc1cc(C)ccc1NC(=O)c1cnc(C(=O)O)cn1. The zero-order chi connectivity index (χ0) is 17.5. The maximum atomic E-state index is 12.2. The fourth-order valence-corrected chi connectivity index (χ4v) is 1.83. The normalized spacial score (nSPS) is 10.2. The number of nitrogens with zero attached hydrogens (tertiary/aromatic N) is 2. The highest BCUT2D eigenvalue weighted by Crippen LogP contribution is 2.26. The van der Waals surface area contributed by atoms with Crippen LogP contribution in [0.3, 0.4) is 0 Å².